The van der Waals surface area contributed by atoms with Gasteiger partial charge in [-0.2, -0.15) is 5.10 Å². The molecule has 3 aromatic rings. The van der Waals surface area contributed by atoms with E-state index in [9.17, 15) is 9.50 Å². The molecule has 2 aromatic heterocycles. The number of aromatic nitrogens is 4. The van der Waals surface area contributed by atoms with Crippen LogP contribution in [0.2, 0.25) is 0 Å². The van der Waals surface area contributed by atoms with Gasteiger partial charge in [-0.25, -0.2) is 14.1 Å². The zero-order valence-electron chi connectivity index (χ0n) is 11.6. The lowest BCUT2D eigenvalue weighted by molar-refractivity contribution is 0.191. The minimum absolute atomic E-state index is 0.239. The molecule has 0 radical (unpaired) electrons. The number of halogens is 1. The number of hydrogen-bond acceptors (Lipinski definition) is 5. The number of benzene rings is 1. The monoisotopic (exact) mass is 299 g/mol. The van der Waals surface area contributed by atoms with E-state index in [-0.39, 0.29) is 12.4 Å². The lowest BCUT2D eigenvalue weighted by atomic mass is 10.1. The first-order valence-electron chi connectivity index (χ1n) is 6.72. The zero-order valence-corrected chi connectivity index (χ0v) is 11.6. The van der Waals surface area contributed by atoms with Crippen molar-refractivity contribution in [3.8, 4) is 5.82 Å². The van der Waals surface area contributed by atoms with Gasteiger partial charge in [0.15, 0.2) is 5.82 Å². The molecule has 0 unspecified atom stereocenters. The Kier molecular flexibility index (Phi) is 4.06. The van der Waals surface area contributed by atoms with Crippen LogP contribution in [-0.2, 0) is 0 Å². The summed E-state index contributed by atoms with van der Waals surface area (Å²) >= 11 is 0. The van der Waals surface area contributed by atoms with Gasteiger partial charge < -0.3 is 10.4 Å². The lowest BCUT2D eigenvalue weighted by Crippen LogP contribution is -2.14. The van der Waals surface area contributed by atoms with E-state index in [1.165, 1.54) is 12.1 Å². The van der Waals surface area contributed by atoms with Crippen molar-refractivity contribution in [3.05, 3.63) is 66.5 Å². The number of nitrogens with zero attached hydrogens (tertiary/aromatic N) is 4. The summed E-state index contributed by atoms with van der Waals surface area (Å²) in [5, 5.41) is 17.2. The Hall–Kier alpha value is -2.80. The van der Waals surface area contributed by atoms with Crippen LogP contribution in [0.3, 0.4) is 0 Å². The van der Waals surface area contributed by atoms with Crippen molar-refractivity contribution >= 4 is 5.82 Å². The average Bonchev–Trinajstić information content (AvgIpc) is 3.08. The summed E-state index contributed by atoms with van der Waals surface area (Å²) in [4.78, 5) is 8.44. The summed E-state index contributed by atoms with van der Waals surface area (Å²) in [6.07, 6.45) is 5.80. The zero-order chi connectivity index (χ0) is 15.4. The normalized spacial score (nSPS) is 12.1. The van der Waals surface area contributed by atoms with Crippen LogP contribution in [0, 0.1) is 5.82 Å². The van der Waals surface area contributed by atoms with Crippen molar-refractivity contribution in [1.82, 2.24) is 19.7 Å². The van der Waals surface area contributed by atoms with Crippen molar-refractivity contribution < 1.29 is 9.50 Å². The highest BCUT2D eigenvalue weighted by atomic mass is 19.1. The highest BCUT2D eigenvalue weighted by Gasteiger charge is 2.08. The second-order valence-electron chi connectivity index (χ2n) is 4.66. The molecule has 0 aliphatic heterocycles. The minimum atomic E-state index is -0.768. The Labute approximate surface area is 126 Å². The van der Waals surface area contributed by atoms with Gasteiger partial charge in [0.2, 0.25) is 0 Å². The first kappa shape index (κ1) is 14.2. The molecule has 3 rings (SSSR count). The second-order valence-corrected chi connectivity index (χ2v) is 4.66. The number of aliphatic hydroxyl groups is 1. The predicted molar refractivity (Wildman–Crippen MR) is 79.0 cm³/mol. The van der Waals surface area contributed by atoms with Gasteiger partial charge in [0.05, 0.1) is 18.5 Å². The molecule has 0 aliphatic rings. The maximum absolute atomic E-state index is 12.9. The third kappa shape index (κ3) is 3.26. The van der Waals surface area contributed by atoms with Crippen LogP contribution in [0.15, 0.2) is 55.1 Å². The first-order valence-corrected chi connectivity index (χ1v) is 6.72. The molecular formula is C15H14FN5O. The van der Waals surface area contributed by atoms with Crippen molar-refractivity contribution in [2.24, 2.45) is 0 Å². The fourth-order valence-electron chi connectivity index (χ4n) is 1.96. The molecule has 7 heteroatoms. The Bertz CT molecular complexity index is 730. The van der Waals surface area contributed by atoms with E-state index in [1.807, 2.05) is 0 Å². The molecule has 2 heterocycles. The SMILES string of the molecule is O[C@H](CNc1cncc(-n2cccn2)n1)c1ccc(F)cc1. The Morgan fingerprint density at radius 3 is 2.77 bits per heavy atom. The third-order valence-electron chi connectivity index (χ3n) is 3.09. The lowest BCUT2D eigenvalue weighted by Gasteiger charge is -2.13. The third-order valence-corrected chi connectivity index (χ3v) is 3.09. The van der Waals surface area contributed by atoms with E-state index >= 15 is 0 Å². The molecule has 0 fully saturated rings. The number of aliphatic hydroxyl groups excluding tert-OH is 1. The Morgan fingerprint density at radius 1 is 1.23 bits per heavy atom. The van der Waals surface area contributed by atoms with Crippen molar-refractivity contribution in [1.29, 1.82) is 0 Å². The van der Waals surface area contributed by atoms with E-state index in [0.717, 1.165) is 0 Å². The maximum atomic E-state index is 12.9. The fraction of sp³-hybridized carbons (Fsp3) is 0.133. The molecule has 0 aliphatic carbocycles. The van der Waals surface area contributed by atoms with Crippen LogP contribution in [0.1, 0.15) is 11.7 Å². The van der Waals surface area contributed by atoms with Crippen LogP contribution in [0.5, 0.6) is 0 Å². The molecule has 112 valence electrons. The van der Waals surface area contributed by atoms with E-state index in [1.54, 1.807) is 47.7 Å². The maximum Gasteiger partial charge on any atom is 0.173 e. The molecule has 2 N–H and O–H groups in total. The summed E-state index contributed by atoms with van der Waals surface area (Å²) in [7, 11) is 0. The standard InChI is InChI=1S/C15H14FN5O/c16-12-4-2-11(3-5-12)13(22)8-18-14-9-17-10-15(20-14)21-7-1-6-19-21/h1-7,9-10,13,22H,8H2,(H,18,20)/t13-/m1/s1. The number of anilines is 1. The van der Waals surface area contributed by atoms with Crippen molar-refractivity contribution in [2.75, 3.05) is 11.9 Å². The fourth-order valence-corrected chi connectivity index (χ4v) is 1.96. The molecule has 0 amide bonds. The number of nitrogens with one attached hydrogen (secondary N) is 1. The molecular weight excluding hydrogens is 285 g/mol. The minimum Gasteiger partial charge on any atom is -0.387 e. The van der Waals surface area contributed by atoms with Crippen LogP contribution >= 0.6 is 0 Å². The average molecular weight is 299 g/mol. The van der Waals surface area contributed by atoms with Gasteiger partial charge in [-0.05, 0) is 23.8 Å². The van der Waals surface area contributed by atoms with Gasteiger partial charge in [0, 0.05) is 18.9 Å². The summed E-state index contributed by atoms with van der Waals surface area (Å²) in [5.74, 6) is 0.766. The van der Waals surface area contributed by atoms with Crippen LogP contribution in [0.25, 0.3) is 5.82 Å². The summed E-state index contributed by atoms with van der Waals surface area (Å²) in [5.41, 5.74) is 0.630. The second kappa shape index (κ2) is 6.31. The smallest absolute Gasteiger partial charge is 0.173 e. The van der Waals surface area contributed by atoms with Gasteiger partial charge >= 0.3 is 0 Å². The van der Waals surface area contributed by atoms with E-state index in [2.05, 4.69) is 20.4 Å². The van der Waals surface area contributed by atoms with E-state index in [0.29, 0.717) is 17.2 Å². The molecule has 0 spiro atoms. The highest BCUT2D eigenvalue weighted by molar-refractivity contribution is 5.36. The first-order chi connectivity index (χ1) is 10.7. The summed E-state index contributed by atoms with van der Waals surface area (Å²) < 4.78 is 14.4. The van der Waals surface area contributed by atoms with Crippen LogP contribution < -0.4 is 5.32 Å². The van der Waals surface area contributed by atoms with Crippen molar-refractivity contribution in [3.63, 3.8) is 0 Å². The number of rotatable bonds is 5. The van der Waals surface area contributed by atoms with Crippen LogP contribution in [-0.4, -0.2) is 31.4 Å². The molecule has 1 aromatic carbocycles. The molecule has 0 saturated carbocycles. The largest absolute Gasteiger partial charge is 0.387 e. The van der Waals surface area contributed by atoms with E-state index < -0.39 is 6.10 Å². The topological polar surface area (TPSA) is 75.9 Å². The van der Waals surface area contributed by atoms with Gasteiger partial charge in [0.25, 0.3) is 0 Å². The van der Waals surface area contributed by atoms with Gasteiger partial charge in [-0.3, -0.25) is 4.98 Å². The Balaban J connectivity index is 1.66. The Morgan fingerprint density at radius 2 is 2.05 bits per heavy atom. The summed E-state index contributed by atoms with van der Waals surface area (Å²) in [6.45, 7) is 0.239. The van der Waals surface area contributed by atoms with Gasteiger partial charge in [0.1, 0.15) is 11.6 Å². The van der Waals surface area contributed by atoms with Gasteiger partial charge in [-0.15, -0.1) is 0 Å². The molecule has 1 atom stereocenters. The van der Waals surface area contributed by atoms with E-state index in [4.69, 9.17) is 0 Å². The molecule has 0 saturated heterocycles. The predicted octanol–water partition coefficient (Wildman–Crippen LogP) is 1.95. The van der Waals surface area contributed by atoms with Crippen LogP contribution in [0.4, 0.5) is 10.2 Å². The number of hydrogen-bond donors (Lipinski definition) is 2. The summed E-state index contributed by atoms with van der Waals surface area (Å²) in [6, 6.07) is 7.52. The molecule has 22 heavy (non-hydrogen) atoms. The quantitative estimate of drug-likeness (QED) is 0.753. The highest BCUT2D eigenvalue weighted by Crippen LogP contribution is 2.14. The molecule has 0 bridgehead atoms. The van der Waals surface area contributed by atoms with Gasteiger partial charge in [-0.1, -0.05) is 12.1 Å². The molecule has 6 nitrogen and oxygen atoms in total. The van der Waals surface area contributed by atoms with Crippen molar-refractivity contribution in [2.45, 2.75) is 6.10 Å².